The van der Waals surface area contributed by atoms with Crippen LogP contribution in [-0.2, 0) is 9.53 Å². The number of amides is 1. The molecule has 2 aromatic carbocycles. The zero-order valence-corrected chi connectivity index (χ0v) is 19.7. The lowest BCUT2D eigenvalue weighted by molar-refractivity contribution is -0.121. The summed E-state index contributed by atoms with van der Waals surface area (Å²) < 4.78 is 7.45. The Bertz CT molecular complexity index is 991. The van der Waals surface area contributed by atoms with E-state index >= 15 is 0 Å². The molecule has 174 valence electrons. The van der Waals surface area contributed by atoms with Crippen LogP contribution in [0.15, 0.2) is 65.8 Å². The molecule has 0 atom stereocenters. The summed E-state index contributed by atoms with van der Waals surface area (Å²) in [5, 5.41) is 12.8. The Labute approximate surface area is 199 Å². The molecule has 1 N–H and O–H groups in total. The van der Waals surface area contributed by atoms with Crippen LogP contribution in [0.2, 0.25) is 0 Å². The Morgan fingerprint density at radius 1 is 0.970 bits per heavy atom. The molecule has 1 aliphatic rings. The minimum absolute atomic E-state index is 0.118. The van der Waals surface area contributed by atoms with E-state index in [4.69, 9.17) is 4.74 Å². The first-order valence-electron chi connectivity index (χ1n) is 11.6. The predicted octanol–water partition coefficient (Wildman–Crippen LogP) is 3.65. The second-order valence-corrected chi connectivity index (χ2v) is 9.01. The van der Waals surface area contributed by atoms with Gasteiger partial charge in [-0.25, -0.2) is 0 Å². The molecule has 1 amide bonds. The molecule has 0 spiro atoms. The number of rotatable bonds is 11. The minimum atomic E-state index is 0.118. The molecule has 1 aliphatic heterocycles. The molecule has 2 heterocycles. The zero-order valence-electron chi connectivity index (χ0n) is 18.9. The number of carbonyl (C=O) groups excluding carboxylic acids is 1. The van der Waals surface area contributed by atoms with E-state index in [0.717, 1.165) is 80.2 Å². The van der Waals surface area contributed by atoms with Crippen LogP contribution >= 0.6 is 11.8 Å². The smallest absolute Gasteiger partial charge is 0.220 e. The van der Waals surface area contributed by atoms with Gasteiger partial charge in [0.15, 0.2) is 11.0 Å². The maximum Gasteiger partial charge on any atom is 0.220 e. The third-order valence-electron chi connectivity index (χ3n) is 5.54. The number of nitrogens with zero attached hydrogens (tertiary/aromatic N) is 4. The molecule has 0 unspecified atom stereocenters. The highest BCUT2D eigenvalue weighted by Crippen LogP contribution is 2.28. The van der Waals surface area contributed by atoms with Gasteiger partial charge in [0.2, 0.25) is 5.91 Å². The summed E-state index contributed by atoms with van der Waals surface area (Å²) in [5.74, 6) is 1.75. The summed E-state index contributed by atoms with van der Waals surface area (Å²) in [6.07, 6.45) is 2.29. The number of hydrogen-bond acceptors (Lipinski definition) is 6. The lowest BCUT2D eigenvalue weighted by atomic mass is 10.2. The van der Waals surface area contributed by atoms with Gasteiger partial charge in [-0.15, -0.1) is 10.2 Å². The summed E-state index contributed by atoms with van der Waals surface area (Å²) in [6.45, 7) is 5.35. The van der Waals surface area contributed by atoms with E-state index < -0.39 is 0 Å². The molecular formula is C25H31N5O2S. The lowest BCUT2D eigenvalue weighted by Crippen LogP contribution is -2.38. The van der Waals surface area contributed by atoms with E-state index in [1.54, 1.807) is 11.8 Å². The number of morpholine rings is 1. The first-order chi connectivity index (χ1) is 16.3. The van der Waals surface area contributed by atoms with Gasteiger partial charge in [-0.1, -0.05) is 60.3 Å². The molecule has 4 rings (SSSR count). The van der Waals surface area contributed by atoms with Crippen LogP contribution in [0.4, 0.5) is 0 Å². The summed E-state index contributed by atoms with van der Waals surface area (Å²) >= 11 is 1.64. The van der Waals surface area contributed by atoms with Crippen molar-refractivity contribution in [3.63, 3.8) is 0 Å². The summed E-state index contributed by atoms with van der Waals surface area (Å²) in [5.41, 5.74) is 2.05. The minimum Gasteiger partial charge on any atom is -0.379 e. The number of aromatic nitrogens is 3. The molecule has 33 heavy (non-hydrogen) atoms. The number of nitrogens with one attached hydrogen (secondary N) is 1. The highest BCUT2D eigenvalue weighted by atomic mass is 32.2. The van der Waals surface area contributed by atoms with Gasteiger partial charge in [0.25, 0.3) is 0 Å². The zero-order chi connectivity index (χ0) is 22.7. The molecule has 1 fully saturated rings. The Hall–Kier alpha value is -2.68. The van der Waals surface area contributed by atoms with Crippen LogP contribution in [0.25, 0.3) is 17.1 Å². The predicted molar refractivity (Wildman–Crippen MR) is 132 cm³/mol. The number of para-hydroxylation sites is 1. The van der Waals surface area contributed by atoms with Crippen LogP contribution in [0.1, 0.15) is 19.3 Å². The van der Waals surface area contributed by atoms with Crippen molar-refractivity contribution >= 4 is 17.7 Å². The van der Waals surface area contributed by atoms with Crippen molar-refractivity contribution < 1.29 is 9.53 Å². The average molecular weight is 466 g/mol. The van der Waals surface area contributed by atoms with Gasteiger partial charge >= 0.3 is 0 Å². The molecule has 3 aromatic rings. The van der Waals surface area contributed by atoms with Gasteiger partial charge in [0.05, 0.1) is 13.2 Å². The molecule has 0 radical (unpaired) electrons. The molecule has 1 saturated heterocycles. The van der Waals surface area contributed by atoms with Crippen LogP contribution in [-0.4, -0.2) is 70.7 Å². The Kier molecular flexibility index (Phi) is 8.91. The third kappa shape index (κ3) is 6.90. The van der Waals surface area contributed by atoms with E-state index in [-0.39, 0.29) is 5.91 Å². The first-order valence-corrected chi connectivity index (χ1v) is 12.6. The highest BCUT2D eigenvalue weighted by molar-refractivity contribution is 7.99. The monoisotopic (exact) mass is 465 g/mol. The molecular weight excluding hydrogens is 434 g/mol. The van der Waals surface area contributed by atoms with Crippen LogP contribution < -0.4 is 5.32 Å². The van der Waals surface area contributed by atoms with E-state index in [9.17, 15) is 4.79 Å². The van der Waals surface area contributed by atoms with Crippen LogP contribution in [0.3, 0.4) is 0 Å². The fraction of sp³-hybridized carbons (Fsp3) is 0.400. The summed E-state index contributed by atoms with van der Waals surface area (Å²) in [7, 11) is 0. The van der Waals surface area contributed by atoms with E-state index in [0.29, 0.717) is 6.42 Å². The average Bonchev–Trinajstić information content (AvgIpc) is 3.30. The van der Waals surface area contributed by atoms with Crippen LogP contribution in [0, 0.1) is 0 Å². The quantitative estimate of drug-likeness (QED) is 0.344. The molecule has 0 aliphatic carbocycles. The molecule has 8 heteroatoms. The van der Waals surface area contributed by atoms with Crippen molar-refractivity contribution in [1.82, 2.24) is 25.0 Å². The normalized spacial score (nSPS) is 14.3. The topological polar surface area (TPSA) is 72.3 Å². The fourth-order valence-electron chi connectivity index (χ4n) is 3.79. The van der Waals surface area contributed by atoms with E-state index in [1.807, 2.05) is 48.5 Å². The van der Waals surface area contributed by atoms with E-state index in [2.05, 4.69) is 37.1 Å². The Morgan fingerprint density at radius 3 is 2.45 bits per heavy atom. The summed E-state index contributed by atoms with van der Waals surface area (Å²) in [6, 6.07) is 20.2. The van der Waals surface area contributed by atoms with Gasteiger partial charge in [0, 0.05) is 43.1 Å². The summed E-state index contributed by atoms with van der Waals surface area (Å²) in [4.78, 5) is 14.6. The number of thioether (sulfide) groups is 1. The van der Waals surface area contributed by atoms with Gasteiger partial charge in [0.1, 0.15) is 0 Å². The van der Waals surface area contributed by atoms with Crippen molar-refractivity contribution in [2.24, 2.45) is 0 Å². The van der Waals surface area contributed by atoms with Crippen molar-refractivity contribution in [1.29, 1.82) is 0 Å². The van der Waals surface area contributed by atoms with Crippen molar-refractivity contribution in [3.05, 3.63) is 60.7 Å². The molecule has 7 nitrogen and oxygen atoms in total. The maximum absolute atomic E-state index is 12.2. The maximum atomic E-state index is 12.2. The molecule has 0 bridgehead atoms. The standard InChI is InChI=1S/C25H31N5O2S/c31-23(26-14-8-15-29-16-18-32-19-17-29)13-7-20-33-25-28-27-24(21-9-3-1-4-10-21)30(25)22-11-5-2-6-12-22/h1-6,9-12H,7-8,13-20H2,(H,26,31). The van der Waals surface area contributed by atoms with Gasteiger partial charge in [-0.05, 0) is 31.5 Å². The number of benzene rings is 2. The van der Waals surface area contributed by atoms with Crippen molar-refractivity contribution in [2.75, 3.05) is 45.1 Å². The largest absolute Gasteiger partial charge is 0.379 e. The SMILES string of the molecule is O=C(CCCSc1nnc(-c2ccccc2)n1-c1ccccc1)NCCCN1CCOCC1. The number of carbonyl (C=O) groups is 1. The Balaban J connectivity index is 1.25. The van der Waals surface area contributed by atoms with Gasteiger partial charge in [-0.3, -0.25) is 14.3 Å². The first kappa shape index (κ1) is 23.5. The Morgan fingerprint density at radius 2 is 1.70 bits per heavy atom. The third-order valence-corrected chi connectivity index (χ3v) is 6.55. The molecule has 1 aromatic heterocycles. The second-order valence-electron chi connectivity index (χ2n) is 7.95. The lowest BCUT2D eigenvalue weighted by Gasteiger charge is -2.26. The van der Waals surface area contributed by atoms with Crippen molar-refractivity contribution in [2.45, 2.75) is 24.4 Å². The van der Waals surface area contributed by atoms with Crippen molar-refractivity contribution in [3.8, 4) is 17.1 Å². The van der Waals surface area contributed by atoms with Gasteiger partial charge < -0.3 is 10.1 Å². The van der Waals surface area contributed by atoms with E-state index in [1.165, 1.54) is 0 Å². The van der Waals surface area contributed by atoms with Crippen LogP contribution in [0.5, 0.6) is 0 Å². The number of ether oxygens (including phenoxy) is 1. The number of hydrogen-bond donors (Lipinski definition) is 1. The highest BCUT2D eigenvalue weighted by Gasteiger charge is 2.16. The second kappa shape index (κ2) is 12.5. The fourth-order valence-corrected chi connectivity index (χ4v) is 4.68. The molecule has 0 saturated carbocycles. The van der Waals surface area contributed by atoms with Gasteiger partial charge in [-0.2, -0.15) is 0 Å².